The molecule has 3 aromatic carbocycles. The quantitative estimate of drug-likeness (QED) is 0.190. The number of halogens is 2. The molecule has 0 saturated heterocycles. The van der Waals surface area contributed by atoms with Crippen LogP contribution in [0.2, 0.25) is 0 Å². The van der Waals surface area contributed by atoms with Crippen LogP contribution >= 0.6 is 40.1 Å². The Balaban J connectivity index is 0.00000306. The Labute approximate surface area is 212 Å². The number of benzene rings is 3. The Kier molecular flexibility index (Phi) is 8.72. The van der Waals surface area contributed by atoms with Gasteiger partial charge in [0.2, 0.25) is 0 Å². The van der Waals surface area contributed by atoms with Crippen molar-refractivity contribution in [2.24, 2.45) is 4.99 Å². The minimum absolute atomic E-state index is 0. The highest BCUT2D eigenvalue weighted by atomic mass is 79.9. The maximum absolute atomic E-state index is 11.4. The molecule has 0 radical (unpaired) electrons. The zero-order valence-electron chi connectivity index (χ0n) is 18.0. The number of allylic oxidation sites excluding steroid dienone is 1. The van der Waals surface area contributed by atoms with Crippen molar-refractivity contribution in [1.29, 1.82) is 0 Å². The summed E-state index contributed by atoms with van der Waals surface area (Å²) in [4.78, 5) is 19.0. The monoisotopic (exact) mass is 543 g/mol. The van der Waals surface area contributed by atoms with Crippen molar-refractivity contribution in [3.05, 3.63) is 104 Å². The molecule has 0 amide bonds. The summed E-state index contributed by atoms with van der Waals surface area (Å²) in [6.45, 7) is 1.52. The summed E-state index contributed by atoms with van der Waals surface area (Å²) in [5, 5.41) is 11.4. The van der Waals surface area contributed by atoms with E-state index in [2.05, 4.69) is 52.1 Å². The second-order valence-electron chi connectivity index (χ2n) is 7.44. The van der Waals surface area contributed by atoms with Crippen molar-refractivity contribution in [2.75, 3.05) is 25.0 Å². The first-order valence-electron chi connectivity index (χ1n) is 10.2. The number of nitro benzene ring substituents is 1. The summed E-state index contributed by atoms with van der Waals surface area (Å²) in [5.41, 5.74) is 5.15. The number of aliphatic imine (C=N–C) groups is 1. The normalized spacial score (nSPS) is 13.2. The fourth-order valence-corrected chi connectivity index (χ4v) is 4.84. The van der Waals surface area contributed by atoms with Crippen LogP contribution in [0.25, 0.3) is 6.08 Å². The lowest BCUT2D eigenvalue weighted by atomic mass is 10.1. The van der Waals surface area contributed by atoms with Crippen molar-refractivity contribution in [1.82, 2.24) is 0 Å². The first kappa shape index (κ1) is 25.0. The molecule has 1 aliphatic rings. The third-order valence-corrected chi connectivity index (χ3v) is 6.88. The van der Waals surface area contributed by atoms with E-state index in [4.69, 9.17) is 4.99 Å². The number of fused-ring (bicyclic) bond motifs is 1. The van der Waals surface area contributed by atoms with Crippen LogP contribution in [-0.4, -0.2) is 30.8 Å². The molecule has 4 rings (SSSR count). The second-order valence-corrected chi connectivity index (χ2v) is 9.37. The van der Waals surface area contributed by atoms with Gasteiger partial charge in [0.1, 0.15) is 0 Å². The van der Waals surface area contributed by atoms with Crippen LogP contribution in [0.4, 0.5) is 11.4 Å². The molecule has 0 saturated carbocycles. The Morgan fingerprint density at radius 3 is 2.67 bits per heavy atom. The fourth-order valence-electron chi connectivity index (χ4n) is 3.52. The second kappa shape index (κ2) is 11.5. The number of nitro groups is 1. The fraction of sp³-hybridized carbons (Fsp3) is 0.160. The van der Waals surface area contributed by atoms with Crippen LogP contribution in [0.3, 0.4) is 0 Å². The van der Waals surface area contributed by atoms with Crippen LogP contribution in [-0.2, 0) is 5.75 Å². The molecule has 170 valence electrons. The number of likely N-dealkylation sites (N-methyl/N-ethyl adjacent to an activating group) is 1. The summed E-state index contributed by atoms with van der Waals surface area (Å²) in [6, 6.07) is 21.4. The first-order valence-corrected chi connectivity index (χ1v) is 12.0. The zero-order valence-corrected chi connectivity index (χ0v) is 21.2. The summed E-state index contributed by atoms with van der Waals surface area (Å²) in [5.74, 6) is 0.794. The van der Waals surface area contributed by atoms with Gasteiger partial charge in [0.25, 0.3) is 5.69 Å². The minimum atomic E-state index is -0.353. The molecule has 5 nitrogen and oxygen atoms in total. The van der Waals surface area contributed by atoms with Gasteiger partial charge in [0.05, 0.1) is 17.2 Å². The molecule has 0 aromatic heterocycles. The predicted molar refractivity (Wildman–Crippen MR) is 144 cm³/mol. The van der Waals surface area contributed by atoms with Gasteiger partial charge in [-0.3, -0.25) is 15.1 Å². The summed E-state index contributed by atoms with van der Waals surface area (Å²) < 4.78 is 1.02. The van der Waals surface area contributed by atoms with Crippen LogP contribution < -0.4 is 4.90 Å². The number of hydrogen-bond donors (Lipinski definition) is 0. The van der Waals surface area contributed by atoms with Crippen molar-refractivity contribution >= 4 is 63.3 Å². The van der Waals surface area contributed by atoms with Gasteiger partial charge < -0.3 is 4.90 Å². The lowest BCUT2D eigenvalue weighted by molar-refractivity contribution is -0.384. The third kappa shape index (κ3) is 6.25. The van der Waals surface area contributed by atoms with E-state index in [0.717, 1.165) is 44.2 Å². The smallest absolute Gasteiger partial charge is 0.270 e. The van der Waals surface area contributed by atoms with E-state index in [1.165, 1.54) is 5.56 Å². The number of benzodiazepines with no additional fused rings is 1. The van der Waals surface area contributed by atoms with Crippen molar-refractivity contribution in [3.8, 4) is 0 Å². The highest BCUT2D eigenvalue weighted by Gasteiger charge is 2.16. The SMILES string of the molecule is CN1CCN=C(/C=C/c2cc([N+](=O)[O-])ccc2SCc2ccccc2)c2ccc(Br)cc21.Cl. The average molecular weight is 545 g/mol. The Morgan fingerprint density at radius 2 is 1.91 bits per heavy atom. The largest absolute Gasteiger partial charge is 0.372 e. The molecule has 0 unspecified atom stereocenters. The Morgan fingerprint density at radius 1 is 1.12 bits per heavy atom. The number of hydrogen-bond acceptors (Lipinski definition) is 5. The highest BCUT2D eigenvalue weighted by Crippen LogP contribution is 2.31. The minimum Gasteiger partial charge on any atom is -0.372 e. The molecule has 0 spiro atoms. The number of anilines is 1. The summed E-state index contributed by atoms with van der Waals surface area (Å²) in [6.07, 6.45) is 3.91. The van der Waals surface area contributed by atoms with Gasteiger partial charge in [-0.1, -0.05) is 52.3 Å². The van der Waals surface area contributed by atoms with E-state index >= 15 is 0 Å². The molecule has 1 heterocycles. The molecule has 0 N–H and O–H groups in total. The molecule has 8 heteroatoms. The average Bonchev–Trinajstić information content (AvgIpc) is 2.95. The number of thioether (sulfide) groups is 1. The van der Waals surface area contributed by atoms with Crippen LogP contribution in [0.15, 0.2) is 87.2 Å². The van der Waals surface area contributed by atoms with E-state index in [1.807, 2.05) is 42.5 Å². The molecular formula is C25H23BrClN3O2S. The predicted octanol–water partition coefficient (Wildman–Crippen LogP) is 7.02. The van der Waals surface area contributed by atoms with Gasteiger partial charge in [0, 0.05) is 52.1 Å². The van der Waals surface area contributed by atoms with E-state index in [9.17, 15) is 10.1 Å². The number of non-ortho nitro benzene ring substituents is 1. The maximum Gasteiger partial charge on any atom is 0.270 e. The molecule has 0 atom stereocenters. The summed E-state index contributed by atoms with van der Waals surface area (Å²) in [7, 11) is 2.06. The maximum atomic E-state index is 11.4. The van der Waals surface area contributed by atoms with Crippen LogP contribution in [0.1, 0.15) is 16.7 Å². The van der Waals surface area contributed by atoms with Gasteiger partial charge in [-0.15, -0.1) is 24.2 Å². The molecule has 0 aliphatic carbocycles. The first-order chi connectivity index (χ1) is 15.5. The van der Waals surface area contributed by atoms with Gasteiger partial charge in [-0.2, -0.15) is 0 Å². The van der Waals surface area contributed by atoms with Crippen molar-refractivity contribution in [3.63, 3.8) is 0 Å². The van der Waals surface area contributed by atoms with E-state index in [-0.39, 0.29) is 23.0 Å². The van der Waals surface area contributed by atoms with Crippen molar-refractivity contribution in [2.45, 2.75) is 10.6 Å². The van der Waals surface area contributed by atoms with Gasteiger partial charge in [-0.25, -0.2) is 0 Å². The topological polar surface area (TPSA) is 58.7 Å². The standard InChI is InChI=1S/C25H22BrN3O2S.ClH/c1-28-14-13-27-23(22-10-8-20(26)16-24(22)28)11-7-19-15-21(29(30)31)9-12-25(19)32-17-18-5-3-2-4-6-18;/h2-12,15-16H,13-14,17H2,1H3;1H/b11-7+;. The van der Waals surface area contributed by atoms with Gasteiger partial charge >= 0.3 is 0 Å². The zero-order chi connectivity index (χ0) is 22.5. The lowest BCUT2D eigenvalue weighted by Gasteiger charge is -2.19. The number of rotatable bonds is 6. The molecular weight excluding hydrogens is 522 g/mol. The third-order valence-electron chi connectivity index (χ3n) is 5.23. The molecule has 33 heavy (non-hydrogen) atoms. The lowest BCUT2D eigenvalue weighted by Crippen LogP contribution is -2.20. The highest BCUT2D eigenvalue weighted by molar-refractivity contribution is 9.10. The summed E-state index contributed by atoms with van der Waals surface area (Å²) >= 11 is 5.23. The molecule has 1 aliphatic heterocycles. The van der Waals surface area contributed by atoms with Crippen molar-refractivity contribution < 1.29 is 4.92 Å². The van der Waals surface area contributed by atoms with E-state index in [0.29, 0.717) is 6.54 Å². The van der Waals surface area contributed by atoms with Gasteiger partial charge in [-0.05, 0) is 41.5 Å². The van der Waals surface area contributed by atoms with Crippen LogP contribution in [0, 0.1) is 10.1 Å². The van der Waals surface area contributed by atoms with E-state index in [1.54, 1.807) is 23.9 Å². The van der Waals surface area contributed by atoms with E-state index < -0.39 is 0 Å². The number of nitrogens with zero attached hydrogens (tertiary/aromatic N) is 3. The Hall–Kier alpha value is -2.61. The molecule has 0 bridgehead atoms. The Bertz CT molecular complexity index is 1200. The molecule has 3 aromatic rings. The van der Waals surface area contributed by atoms with Gasteiger partial charge in [0.15, 0.2) is 0 Å². The molecule has 0 fully saturated rings. The van der Waals surface area contributed by atoms with Crippen LogP contribution in [0.5, 0.6) is 0 Å².